The van der Waals surface area contributed by atoms with Gasteiger partial charge in [0.15, 0.2) is 0 Å². The second-order valence-corrected chi connectivity index (χ2v) is 4.60. The van der Waals surface area contributed by atoms with Gasteiger partial charge in [-0.1, -0.05) is 16.1 Å². The molecule has 2 rings (SSSR count). The fourth-order valence-corrected chi connectivity index (χ4v) is 2.75. The van der Waals surface area contributed by atoms with Crippen molar-refractivity contribution in [2.24, 2.45) is 5.73 Å². The zero-order valence-electron chi connectivity index (χ0n) is 6.48. The lowest BCUT2D eigenvalue weighted by atomic mass is 10.2. The Morgan fingerprint density at radius 3 is 2.92 bits per heavy atom. The third kappa shape index (κ3) is 1.73. The molecule has 0 aliphatic rings. The Balaban J connectivity index is 2.33. The second-order valence-electron chi connectivity index (χ2n) is 2.43. The molecule has 68 valence electrons. The van der Waals surface area contributed by atoms with Crippen molar-refractivity contribution >= 4 is 34.5 Å². The topological polar surface area (TPSA) is 51.8 Å². The highest BCUT2D eigenvalue weighted by Gasteiger charge is 2.15. The first kappa shape index (κ1) is 9.08. The number of hydrogen-bond donors (Lipinski definition) is 1. The Bertz CT molecular complexity index is 384. The molecule has 0 fully saturated rings. The van der Waals surface area contributed by atoms with Gasteiger partial charge in [0, 0.05) is 4.88 Å². The molecule has 3 nitrogen and oxygen atoms in total. The predicted octanol–water partition coefficient (Wildman–Crippen LogP) is 2.30. The van der Waals surface area contributed by atoms with Crippen LogP contribution in [0.4, 0.5) is 0 Å². The van der Waals surface area contributed by atoms with Gasteiger partial charge < -0.3 is 5.73 Å². The first-order chi connectivity index (χ1) is 6.29. The van der Waals surface area contributed by atoms with E-state index in [2.05, 4.69) is 9.59 Å². The summed E-state index contributed by atoms with van der Waals surface area (Å²) >= 11 is 8.80. The summed E-state index contributed by atoms with van der Waals surface area (Å²) in [7, 11) is 0. The van der Waals surface area contributed by atoms with Crippen molar-refractivity contribution in [1.82, 2.24) is 9.59 Å². The lowest BCUT2D eigenvalue weighted by Crippen LogP contribution is -2.08. The predicted molar refractivity (Wildman–Crippen MR) is 55.3 cm³/mol. The van der Waals surface area contributed by atoms with Crippen LogP contribution in [-0.4, -0.2) is 9.59 Å². The van der Waals surface area contributed by atoms with E-state index >= 15 is 0 Å². The summed E-state index contributed by atoms with van der Waals surface area (Å²) in [5.41, 5.74) is 5.96. The van der Waals surface area contributed by atoms with Crippen LogP contribution in [0.2, 0.25) is 5.02 Å². The van der Waals surface area contributed by atoms with Crippen LogP contribution >= 0.6 is 34.5 Å². The molecule has 0 aliphatic carbocycles. The van der Waals surface area contributed by atoms with E-state index in [9.17, 15) is 0 Å². The Labute approximate surface area is 88.3 Å². The zero-order valence-corrected chi connectivity index (χ0v) is 8.86. The van der Waals surface area contributed by atoms with Crippen molar-refractivity contribution in [1.29, 1.82) is 0 Å². The fourth-order valence-electron chi connectivity index (χ4n) is 0.968. The summed E-state index contributed by atoms with van der Waals surface area (Å²) < 4.78 is 3.76. The molecule has 2 heterocycles. The van der Waals surface area contributed by atoms with Gasteiger partial charge in [-0.15, -0.1) is 16.4 Å². The summed E-state index contributed by atoms with van der Waals surface area (Å²) in [6.07, 6.45) is 1.67. The Morgan fingerprint density at radius 1 is 1.54 bits per heavy atom. The van der Waals surface area contributed by atoms with Crippen LogP contribution in [0.1, 0.15) is 15.8 Å². The van der Waals surface area contributed by atoms with E-state index in [1.54, 1.807) is 17.5 Å². The third-order valence-corrected chi connectivity index (χ3v) is 3.80. The largest absolute Gasteiger partial charge is 0.319 e. The molecule has 2 aromatic rings. The van der Waals surface area contributed by atoms with Crippen molar-refractivity contribution in [2.45, 2.75) is 6.04 Å². The van der Waals surface area contributed by atoms with Gasteiger partial charge in [0.1, 0.15) is 0 Å². The van der Waals surface area contributed by atoms with Crippen molar-refractivity contribution in [3.63, 3.8) is 0 Å². The average Bonchev–Trinajstić information content (AvgIpc) is 2.72. The fraction of sp³-hybridized carbons (Fsp3) is 0.143. The number of rotatable bonds is 2. The van der Waals surface area contributed by atoms with E-state index in [-0.39, 0.29) is 6.04 Å². The van der Waals surface area contributed by atoms with Crippen LogP contribution in [0, 0.1) is 0 Å². The summed E-state index contributed by atoms with van der Waals surface area (Å²) in [6, 6.07) is 1.66. The van der Waals surface area contributed by atoms with Gasteiger partial charge in [-0.05, 0) is 23.0 Å². The number of hydrogen-bond acceptors (Lipinski definition) is 5. The van der Waals surface area contributed by atoms with E-state index in [0.717, 1.165) is 9.75 Å². The van der Waals surface area contributed by atoms with Crippen LogP contribution in [0.5, 0.6) is 0 Å². The second kappa shape index (κ2) is 3.71. The summed E-state index contributed by atoms with van der Waals surface area (Å²) in [4.78, 5) is 1.90. The molecule has 13 heavy (non-hydrogen) atoms. The minimum absolute atomic E-state index is 0.188. The van der Waals surface area contributed by atoms with E-state index in [1.165, 1.54) is 11.5 Å². The Morgan fingerprint density at radius 2 is 2.38 bits per heavy atom. The maximum atomic E-state index is 5.96. The zero-order chi connectivity index (χ0) is 9.26. The normalized spacial score (nSPS) is 13.1. The first-order valence-electron chi connectivity index (χ1n) is 3.55. The molecular formula is C7H6ClN3S2. The maximum absolute atomic E-state index is 5.96. The molecule has 2 aromatic heterocycles. The number of halogens is 1. The van der Waals surface area contributed by atoms with Gasteiger partial charge in [-0.25, -0.2) is 0 Å². The average molecular weight is 232 g/mol. The summed E-state index contributed by atoms with van der Waals surface area (Å²) in [5.74, 6) is 0. The van der Waals surface area contributed by atoms with Crippen LogP contribution in [0.25, 0.3) is 0 Å². The van der Waals surface area contributed by atoms with Crippen molar-refractivity contribution in [2.75, 3.05) is 0 Å². The number of thiophene rings is 1. The molecule has 0 bridgehead atoms. The highest BCUT2D eigenvalue weighted by molar-refractivity contribution is 7.11. The van der Waals surface area contributed by atoms with Crippen molar-refractivity contribution < 1.29 is 0 Å². The molecule has 0 aliphatic heterocycles. The number of nitrogens with two attached hydrogens (primary N) is 1. The lowest BCUT2D eigenvalue weighted by molar-refractivity contribution is 0.911. The lowest BCUT2D eigenvalue weighted by Gasteiger charge is -2.05. The van der Waals surface area contributed by atoms with Gasteiger partial charge >= 0.3 is 0 Å². The van der Waals surface area contributed by atoms with E-state index in [1.807, 2.05) is 11.4 Å². The van der Waals surface area contributed by atoms with Crippen LogP contribution in [0.15, 0.2) is 17.6 Å². The third-order valence-electron chi connectivity index (χ3n) is 1.61. The molecular weight excluding hydrogens is 226 g/mol. The van der Waals surface area contributed by atoms with E-state index in [0.29, 0.717) is 5.02 Å². The first-order valence-corrected chi connectivity index (χ1v) is 5.58. The quantitative estimate of drug-likeness (QED) is 0.863. The van der Waals surface area contributed by atoms with Gasteiger partial charge in [0.25, 0.3) is 0 Å². The van der Waals surface area contributed by atoms with E-state index < -0.39 is 0 Å². The summed E-state index contributed by atoms with van der Waals surface area (Å²) in [6.45, 7) is 0. The molecule has 0 aromatic carbocycles. The van der Waals surface area contributed by atoms with E-state index in [4.69, 9.17) is 17.3 Å². The molecule has 0 saturated heterocycles. The summed E-state index contributed by atoms with van der Waals surface area (Å²) in [5, 5.41) is 6.37. The number of aromatic nitrogens is 2. The van der Waals surface area contributed by atoms with Crippen molar-refractivity contribution in [3.05, 3.63) is 32.4 Å². The highest BCUT2D eigenvalue weighted by atomic mass is 35.5. The molecule has 1 atom stereocenters. The standard InChI is InChI=1S/C7H6ClN3S2/c8-4-1-2-12-7(4)6(9)5-3-10-11-13-5/h1-3,6H,9H2. The van der Waals surface area contributed by atoms with Gasteiger partial charge in [-0.3, -0.25) is 0 Å². The van der Waals surface area contributed by atoms with Gasteiger partial charge in [-0.2, -0.15) is 0 Å². The van der Waals surface area contributed by atoms with Crippen molar-refractivity contribution in [3.8, 4) is 0 Å². The maximum Gasteiger partial charge on any atom is 0.0787 e. The highest BCUT2D eigenvalue weighted by Crippen LogP contribution is 2.31. The Kier molecular flexibility index (Phi) is 2.59. The molecule has 0 radical (unpaired) electrons. The Hall–Kier alpha value is -0.490. The van der Waals surface area contributed by atoms with Gasteiger partial charge in [0.05, 0.1) is 22.1 Å². The minimum Gasteiger partial charge on any atom is -0.319 e. The van der Waals surface area contributed by atoms with Crippen LogP contribution < -0.4 is 5.73 Å². The molecule has 0 amide bonds. The SMILES string of the molecule is NC(c1cnns1)c1sccc1Cl. The minimum atomic E-state index is -0.188. The number of nitrogens with zero attached hydrogens (tertiary/aromatic N) is 2. The smallest absolute Gasteiger partial charge is 0.0787 e. The molecule has 0 spiro atoms. The molecule has 0 saturated carbocycles. The molecule has 2 N–H and O–H groups in total. The monoisotopic (exact) mass is 231 g/mol. The molecule has 6 heteroatoms. The van der Waals surface area contributed by atoms with Crippen LogP contribution in [0.3, 0.4) is 0 Å². The van der Waals surface area contributed by atoms with Crippen LogP contribution in [-0.2, 0) is 0 Å². The van der Waals surface area contributed by atoms with Gasteiger partial charge in [0.2, 0.25) is 0 Å². The molecule has 1 unspecified atom stereocenters.